The third kappa shape index (κ3) is 9.48. The third-order valence-corrected chi connectivity index (χ3v) is 0.873. The van der Waals surface area contributed by atoms with E-state index in [2.05, 4.69) is 11.8 Å². The van der Waals surface area contributed by atoms with Gasteiger partial charge in [-0.15, -0.1) is 0 Å². The highest BCUT2D eigenvalue weighted by Gasteiger charge is 2.02. The first-order valence-electron chi connectivity index (χ1n) is 3.75. The summed E-state index contributed by atoms with van der Waals surface area (Å²) in [5, 5.41) is 8.35. The van der Waals surface area contributed by atoms with Gasteiger partial charge in [0.25, 0.3) is 0 Å². The molecule has 0 unspecified atom stereocenters. The van der Waals surface area contributed by atoms with E-state index in [0.29, 0.717) is 13.2 Å². The summed E-state index contributed by atoms with van der Waals surface area (Å²) in [6, 6.07) is 0. The molecule has 0 heterocycles. The zero-order valence-electron chi connectivity index (χ0n) is 7.48. The lowest BCUT2D eigenvalue weighted by Gasteiger charge is -2.06. The fourth-order valence-corrected chi connectivity index (χ4v) is 0.489. The van der Waals surface area contributed by atoms with Gasteiger partial charge in [-0.05, 0) is 20.8 Å². The SMILES string of the molecule is CC(C)(C)C#CCOCCO. The van der Waals surface area contributed by atoms with Crippen LogP contribution < -0.4 is 0 Å². The van der Waals surface area contributed by atoms with E-state index >= 15 is 0 Å². The molecule has 0 rings (SSSR count). The van der Waals surface area contributed by atoms with Gasteiger partial charge >= 0.3 is 0 Å². The van der Waals surface area contributed by atoms with Crippen LogP contribution in [0.4, 0.5) is 0 Å². The van der Waals surface area contributed by atoms with Crippen molar-refractivity contribution < 1.29 is 9.84 Å². The molecule has 2 nitrogen and oxygen atoms in total. The Labute approximate surface area is 68.6 Å². The van der Waals surface area contributed by atoms with Crippen molar-refractivity contribution in [3.05, 3.63) is 0 Å². The quantitative estimate of drug-likeness (QED) is 0.489. The van der Waals surface area contributed by atoms with Gasteiger partial charge in [0.05, 0.1) is 13.2 Å². The first kappa shape index (κ1) is 10.5. The smallest absolute Gasteiger partial charge is 0.107 e. The molecule has 0 aliphatic rings. The van der Waals surface area contributed by atoms with E-state index < -0.39 is 0 Å². The number of hydrogen-bond acceptors (Lipinski definition) is 2. The number of hydrogen-bond donors (Lipinski definition) is 1. The molecule has 0 radical (unpaired) electrons. The first-order chi connectivity index (χ1) is 5.06. The Balaban J connectivity index is 3.41. The van der Waals surface area contributed by atoms with Crippen LogP contribution in [0.1, 0.15) is 20.8 Å². The number of ether oxygens (including phenoxy) is 1. The van der Waals surface area contributed by atoms with Crippen molar-refractivity contribution in [2.45, 2.75) is 20.8 Å². The van der Waals surface area contributed by atoms with E-state index in [-0.39, 0.29) is 12.0 Å². The lowest BCUT2D eigenvalue weighted by atomic mass is 9.98. The predicted octanol–water partition coefficient (Wildman–Crippen LogP) is 1.04. The van der Waals surface area contributed by atoms with Crippen molar-refractivity contribution in [1.29, 1.82) is 0 Å². The molecule has 0 saturated carbocycles. The minimum Gasteiger partial charge on any atom is -0.394 e. The molecule has 0 aliphatic heterocycles. The standard InChI is InChI=1S/C9H16O2/c1-9(2,3)5-4-7-11-8-6-10/h10H,6-8H2,1-3H3. The van der Waals surface area contributed by atoms with Crippen molar-refractivity contribution in [3.8, 4) is 11.8 Å². The molecule has 0 bridgehead atoms. The Morgan fingerprint density at radius 3 is 2.45 bits per heavy atom. The molecule has 0 fully saturated rings. The van der Waals surface area contributed by atoms with Crippen molar-refractivity contribution in [2.24, 2.45) is 5.41 Å². The molecule has 0 atom stereocenters. The summed E-state index contributed by atoms with van der Waals surface area (Å²) in [6.07, 6.45) is 0. The Morgan fingerprint density at radius 2 is 2.00 bits per heavy atom. The normalized spacial score (nSPS) is 10.5. The van der Waals surface area contributed by atoms with Gasteiger partial charge in [0.15, 0.2) is 0 Å². The lowest BCUT2D eigenvalue weighted by molar-refractivity contribution is 0.115. The van der Waals surface area contributed by atoms with Crippen LogP contribution in [0.2, 0.25) is 0 Å². The molecular formula is C9H16O2. The highest BCUT2D eigenvalue weighted by molar-refractivity contribution is 5.07. The molecule has 1 N–H and O–H groups in total. The molecule has 0 saturated heterocycles. The van der Waals surface area contributed by atoms with Gasteiger partial charge in [-0.3, -0.25) is 0 Å². The fourth-order valence-electron chi connectivity index (χ4n) is 0.489. The zero-order chi connectivity index (χ0) is 8.74. The largest absolute Gasteiger partial charge is 0.394 e. The Hall–Kier alpha value is -0.520. The van der Waals surface area contributed by atoms with Crippen LogP contribution in [0, 0.1) is 17.3 Å². The van der Waals surface area contributed by atoms with Crippen LogP contribution in [0.3, 0.4) is 0 Å². The number of aliphatic hydroxyl groups excluding tert-OH is 1. The summed E-state index contributed by atoms with van der Waals surface area (Å²) in [5.41, 5.74) is 0.0442. The van der Waals surface area contributed by atoms with Gasteiger partial charge in [-0.1, -0.05) is 11.8 Å². The Kier molecular flexibility index (Phi) is 4.93. The molecule has 0 amide bonds. The van der Waals surface area contributed by atoms with Crippen LogP contribution in [-0.4, -0.2) is 24.9 Å². The maximum Gasteiger partial charge on any atom is 0.107 e. The van der Waals surface area contributed by atoms with Crippen LogP contribution >= 0.6 is 0 Å². The molecule has 0 aromatic carbocycles. The Bertz CT molecular complexity index is 145. The van der Waals surface area contributed by atoms with Crippen molar-refractivity contribution in [1.82, 2.24) is 0 Å². The zero-order valence-corrected chi connectivity index (χ0v) is 7.48. The summed E-state index contributed by atoms with van der Waals surface area (Å²) in [7, 11) is 0. The second-order valence-electron chi connectivity index (χ2n) is 3.33. The highest BCUT2D eigenvalue weighted by Crippen LogP contribution is 2.09. The maximum absolute atomic E-state index is 8.35. The maximum atomic E-state index is 8.35. The van der Waals surface area contributed by atoms with E-state index in [4.69, 9.17) is 9.84 Å². The van der Waals surface area contributed by atoms with Gasteiger partial charge < -0.3 is 9.84 Å². The summed E-state index contributed by atoms with van der Waals surface area (Å²) in [6.45, 7) is 7.00. The van der Waals surface area contributed by atoms with Crippen molar-refractivity contribution >= 4 is 0 Å². The average molecular weight is 156 g/mol. The number of aliphatic hydroxyl groups is 1. The van der Waals surface area contributed by atoms with Crippen LogP contribution in [0.5, 0.6) is 0 Å². The van der Waals surface area contributed by atoms with Crippen molar-refractivity contribution in [2.75, 3.05) is 19.8 Å². The fraction of sp³-hybridized carbons (Fsp3) is 0.778. The first-order valence-corrected chi connectivity index (χ1v) is 3.75. The molecule has 2 heteroatoms. The lowest BCUT2D eigenvalue weighted by Crippen LogP contribution is -2.02. The summed E-state index contributed by atoms with van der Waals surface area (Å²) < 4.78 is 4.95. The van der Waals surface area contributed by atoms with Gasteiger partial charge in [0, 0.05) is 5.41 Å². The molecule has 0 aromatic rings. The molecule has 0 aromatic heterocycles. The van der Waals surface area contributed by atoms with E-state index in [1.54, 1.807) is 0 Å². The van der Waals surface area contributed by atoms with Gasteiger partial charge in [0.1, 0.15) is 6.61 Å². The van der Waals surface area contributed by atoms with E-state index in [1.807, 2.05) is 20.8 Å². The monoisotopic (exact) mass is 156 g/mol. The molecular weight excluding hydrogens is 140 g/mol. The third-order valence-electron chi connectivity index (χ3n) is 0.873. The van der Waals surface area contributed by atoms with E-state index in [9.17, 15) is 0 Å². The minimum absolute atomic E-state index is 0.0442. The van der Waals surface area contributed by atoms with E-state index in [1.165, 1.54) is 0 Å². The Morgan fingerprint density at radius 1 is 1.36 bits per heavy atom. The van der Waals surface area contributed by atoms with Crippen LogP contribution in [0.25, 0.3) is 0 Å². The van der Waals surface area contributed by atoms with Crippen molar-refractivity contribution in [3.63, 3.8) is 0 Å². The second-order valence-corrected chi connectivity index (χ2v) is 3.33. The molecule has 11 heavy (non-hydrogen) atoms. The highest BCUT2D eigenvalue weighted by atomic mass is 16.5. The minimum atomic E-state index is 0.0442. The summed E-state index contributed by atoms with van der Waals surface area (Å²) >= 11 is 0. The number of rotatable bonds is 3. The van der Waals surface area contributed by atoms with Crippen LogP contribution in [-0.2, 0) is 4.74 Å². The molecule has 0 spiro atoms. The van der Waals surface area contributed by atoms with E-state index in [0.717, 1.165) is 0 Å². The van der Waals surface area contributed by atoms with Crippen LogP contribution in [0.15, 0.2) is 0 Å². The van der Waals surface area contributed by atoms with Gasteiger partial charge in [-0.2, -0.15) is 0 Å². The summed E-state index contributed by atoms with van der Waals surface area (Å²) in [5.74, 6) is 5.90. The average Bonchev–Trinajstić information content (AvgIpc) is 1.85. The predicted molar refractivity (Wildman–Crippen MR) is 45.1 cm³/mol. The molecule has 0 aliphatic carbocycles. The van der Waals surface area contributed by atoms with Gasteiger partial charge in [-0.25, -0.2) is 0 Å². The topological polar surface area (TPSA) is 29.5 Å². The summed E-state index contributed by atoms with van der Waals surface area (Å²) in [4.78, 5) is 0. The van der Waals surface area contributed by atoms with Gasteiger partial charge in [0.2, 0.25) is 0 Å². The second kappa shape index (κ2) is 5.17. The molecule has 64 valence electrons.